The van der Waals surface area contributed by atoms with E-state index in [4.69, 9.17) is 4.55 Å². The largest absolute Gasteiger partial charge is 1.00 e. The third kappa shape index (κ3) is 6.16. The first-order valence-electron chi connectivity index (χ1n) is 2.15. The van der Waals surface area contributed by atoms with Crippen molar-refractivity contribution in [3.8, 4) is 0 Å². The van der Waals surface area contributed by atoms with Gasteiger partial charge < -0.3 is 19.8 Å². The Kier molecular flexibility index (Phi) is 9.37. The van der Waals surface area contributed by atoms with Crippen molar-refractivity contribution in [2.75, 3.05) is 0 Å². The van der Waals surface area contributed by atoms with Crippen molar-refractivity contribution in [2.24, 2.45) is 0 Å². The zero-order chi connectivity index (χ0) is 9.23. The summed E-state index contributed by atoms with van der Waals surface area (Å²) in [6, 6.07) is 0. The molecule has 0 fully saturated rings. The van der Waals surface area contributed by atoms with E-state index in [1.165, 1.54) is 0 Å². The molecular weight excluding hydrogens is 194 g/mol. The number of carboxylic acids is 2. The van der Waals surface area contributed by atoms with Gasteiger partial charge in [0.25, 0.3) is 10.1 Å². The minimum absolute atomic E-state index is 0. The molecule has 0 aliphatic carbocycles. The van der Waals surface area contributed by atoms with E-state index in [1.54, 1.807) is 0 Å². The molecule has 0 heterocycles. The molecule has 0 atom stereocenters. The Bertz CT molecular complexity index is 268. The average molecular weight is 196 g/mol. The van der Waals surface area contributed by atoms with Gasteiger partial charge in [0, 0.05) is 0 Å². The zero-order valence-electron chi connectivity index (χ0n) is 6.88. The van der Waals surface area contributed by atoms with Crippen LogP contribution < -0.4 is 47.9 Å². The van der Waals surface area contributed by atoms with Crippen LogP contribution in [0, 0.1) is 0 Å². The standard InChI is InChI=1S/C3H4O7S.2Li/c4-2(5)1(3(6)7)11(8,9)10;;/h1H,(H,4,5)(H,6,7)(H,8,9,10);;/q;2*+1/p-2. The van der Waals surface area contributed by atoms with Crippen LogP contribution in [0.25, 0.3) is 0 Å². The molecule has 13 heavy (non-hydrogen) atoms. The average Bonchev–Trinajstić information content (AvgIpc) is 1.54. The van der Waals surface area contributed by atoms with Crippen LogP contribution in [0.15, 0.2) is 0 Å². The van der Waals surface area contributed by atoms with E-state index in [0.29, 0.717) is 0 Å². The summed E-state index contributed by atoms with van der Waals surface area (Å²) in [6.07, 6.45) is 0. The summed E-state index contributed by atoms with van der Waals surface area (Å²) >= 11 is 0. The van der Waals surface area contributed by atoms with E-state index >= 15 is 0 Å². The Hall–Kier alpha value is 0.0448. The fraction of sp³-hybridized carbons (Fsp3) is 0.333. The van der Waals surface area contributed by atoms with Crippen LogP contribution in [0.3, 0.4) is 0 Å². The van der Waals surface area contributed by atoms with E-state index in [0.717, 1.165) is 0 Å². The van der Waals surface area contributed by atoms with E-state index in [9.17, 15) is 28.2 Å². The predicted molar refractivity (Wildman–Crippen MR) is 25.4 cm³/mol. The molecule has 0 aromatic rings. The monoisotopic (exact) mass is 196 g/mol. The van der Waals surface area contributed by atoms with Gasteiger partial charge in [-0.05, 0) is 0 Å². The first-order valence-corrected chi connectivity index (χ1v) is 3.65. The number of hydrogen-bond donors (Lipinski definition) is 1. The number of carboxylic acid groups (broad SMARTS) is 2. The van der Waals surface area contributed by atoms with Gasteiger partial charge in [-0.2, -0.15) is 8.42 Å². The molecule has 7 nitrogen and oxygen atoms in total. The molecule has 0 spiro atoms. The summed E-state index contributed by atoms with van der Waals surface area (Å²) in [5.41, 5.74) is 0. The van der Waals surface area contributed by atoms with Gasteiger partial charge in [0.15, 0.2) is 5.25 Å². The normalized spacial score (nSPS) is 9.69. The first kappa shape index (κ1) is 18.8. The first-order chi connectivity index (χ1) is 4.76. The van der Waals surface area contributed by atoms with Crippen LogP contribution in [0.2, 0.25) is 0 Å². The molecule has 0 unspecified atom stereocenters. The van der Waals surface area contributed by atoms with Crippen molar-refractivity contribution < 1.29 is 70.5 Å². The Morgan fingerprint density at radius 3 is 1.31 bits per heavy atom. The molecule has 1 N–H and O–H groups in total. The molecule has 0 aliphatic heterocycles. The summed E-state index contributed by atoms with van der Waals surface area (Å²) < 4.78 is 27.8. The van der Waals surface area contributed by atoms with Gasteiger partial charge in [-0.3, -0.25) is 4.55 Å². The maximum Gasteiger partial charge on any atom is 1.00 e. The van der Waals surface area contributed by atoms with Crippen molar-refractivity contribution in [2.45, 2.75) is 5.25 Å². The van der Waals surface area contributed by atoms with Gasteiger partial charge >= 0.3 is 37.7 Å². The molecule has 10 heteroatoms. The second kappa shape index (κ2) is 6.49. The van der Waals surface area contributed by atoms with Crippen LogP contribution >= 0.6 is 0 Å². The summed E-state index contributed by atoms with van der Waals surface area (Å²) in [6.45, 7) is 0. The van der Waals surface area contributed by atoms with E-state index in [1.807, 2.05) is 0 Å². The SMILES string of the molecule is O=C([O-])C(C(=O)[O-])S(=O)(=O)O.[Li+].[Li+]. The smallest absolute Gasteiger partial charge is 0.548 e. The van der Waals surface area contributed by atoms with Gasteiger partial charge in [0.2, 0.25) is 0 Å². The molecule has 0 amide bonds. The molecule has 0 aromatic heterocycles. The third-order valence-corrected chi connectivity index (χ3v) is 1.71. The summed E-state index contributed by atoms with van der Waals surface area (Å²) in [4.78, 5) is 19.4. The number of carbonyl (C=O) groups is 2. The zero-order valence-corrected chi connectivity index (χ0v) is 7.70. The predicted octanol–water partition coefficient (Wildman–Crippen LogP) is -10.2. The minimum atomic E-state index is -5.19. The minimum Gasteiger partial charge on any atom is -0.548 e. The number of hydrogen-bond acceptors (Lipinski definition) is 6. The fourth-order valence-corrected chi connectivity index (χ4v) is 0.826. The molecule has 0 saturated heterocycles. The molecule has 0 rings (SSSR count). The van der Waals surface area contributed by atoms with Crippen molar-refractivity contribution >= 4 is 22.1 Å². The summed E-state index contributed by atoms with van der Waals surface area (Å²) in [5.74, 6) is -4.88. The number of rotatable bonds is 3. The Balaban J connectivity index is -0.000000500. The Morgan fingerprint density at radius 1 is 1.08 bits per heavy atom. The maximum atomic E-state index is 9.93. The fourth-order valence-electron chi connectivity index (χ4n) is 0.339. The Labute approximate surface area is 97.6 Å². The quantitative estimate of drug-likeness (QED) is 0.269. The molecule has 64 valence electrons. The van der Waals surface area contributed by atoms with E-state index in [2.05, 4.69) is 0 Å². The van der Waals surface area contributed by atoms with Gasteiger partial charge in [-0.15, -0.1) is 0 Å². The van der Waals surface area contributed by atoms with Crippen LogP contribution in [-0.2, 0) is 19.7 Å². The van der Waals surface area contributed by atoms with Crippen LogP contribution in [0.5, 0.6) is 0 Å². The van der Waals surface area contributed by atoms with Crippen molar-refractivity contribution in [3.63, 3.8) is 0 Å². The third-order valence-electron chi connectivity index (χ3n) is 0.726. The van der Waals surface area contributed by atoms with Crippen LogP contribution in [0.4, 0.5) is 0 Å². The Morgan fingerprint density at radius 2 is 1.31 bits per heavy atom. The molecular formula is C3H2Li2O7S. The second-order valence-corrected chi connectivity index (χ2v) is 3.03. The molecule has 0 aromatic carbocycles. The summed E-state index contributed by atoms with van der Waals surface area (Å²) in [7, 11) is -5.19. The van der Waals surface area contributed by atoms with E-state index in [-0.39, 0.29) is 37.7 Å². The van der Waals surface area contributed by atoms with Crippen molar-refractivity contribution in [1.29, 1.82) is 0 Å². The van der Waals surface area contributed by atoms with Crippen molar-refractivity contribution in [3.05, 3.63) is 0 Å². The van der Waals surface area contributed by atoms with Gasteiger partial charge in [0.1, 0.15) is 0 Å². The van der Waals surface area contributed by atoms with E-state index < -0.39 is 27.3 Å². The van der Waals surface area contributed by atoms with Crippen LogP contribution in [-0.4, -0.2) is 30.2 Å². The molecule has 0 bridgehead atoms. The van der Waals surface area contributed by atoms with Gasteiger partial charge in [-0.25, -0.2) is 0 Å². The van der Waals surface area contributed by atoms with Crippen molar-refractivity contribution in [1.82, 2.24) is 0 Å². The number of aliphatic carboxylic acids is 2. The topological polar surface area (TPSA) is 135 Å². The summed E-state index contributed by atoms with van der Waals surface area (Å²) in [5, 5.41) is 16.4. The second-order valence-electron chi connectivity index (χ2n) is 1.53. The molecule has 0 saturated carbocycles. The molecule has 0 aliphatic rings. The maximum absolute atomic E-state index is 9.93. The van der Waals surface area contributed by atoms with Crippen LogP contribution in [0.1, 0.15) is 0 Å². The van der Waals surface area contributed by atoms with Gasteiger partial charge in [0.05, 0.1) is 11.9 Å². The number of carbonyl (C=O) groups excluding carboxylic acids is 2. The van der Waals surface area contributed by atoms with Gasteiger partial charge in [-0.1, -0.05) is 0 Å². The molecule has 0 radical (unpaired) electrons.